The van der Waals surface area contributed by atoms with Gasteiger partial charge in [0.2, 0.25) is 5.65 Å². The molecule has 1 fully saturated rings. The van der Waals surface area contributed by atoms with Crippen LogP contribution in [0.2, 0.25) is 0 Å². The van der Waals surface area contributed by atoms with Crippen LogP contribution in [0.1, 0.15) is 56.8 Å². The van der Waals surface area contributed by atoms with Gasteiger partial charge in [0.05, 0.1) is 11.8 Å². The molecule has 0 spiro atoms. The molecule has 1 aromatic carbocycles. The van der Waals surface area contributed by atoms with Gasteiger partial charge in [0, 0.05) is 24.6 Å². The lowest BCUT2D eigenvalue weighted by molar-refractivity contribution is 0.126. The molecule has 2 aromatic heterocycles. The Kier molecular flexibility index (Phi) is 5.43. The van der Waals surface area contributed by atoms with Crippen LogP contribution in [0.25, 0.3) is 5.65 Å². The van der Waals surface area contributed by atoms with E-state index >= 15 is 0 Å². The number of nitrogens with one attached hydrogen (secondary N) is 2. The summed E-state index contributed by atoms with van der Waals surface area (Å²) in [7, 11) is 0. The van der Waals surface area contributed by atoms with Crippen LogP contribution in [0.4, 0.5) is 11.5 Å². The number of aliphatic hydroxyl groups is 1. The zero-order valence-electron chi connectivity index (χ0n) is 16.5. The summed E-state index contributed by atoms with van der Waals surface area (Å²) >= 11 is 0. The number of fused-ring (bicyclic) bond motifs is 1. The maximum Gasteiger partial charge on any atom is 0.201 e. The molecule has 7 nitrogen and oxygen atoms in total. The average Bonchev–Trinajstić information content (AvgIpc) is 3.13. The van der Waals surface area contributed by atoms with E-state index in [4.69, 9.17) is 5.10 Å². The van der Waals surface area contributed by atoms with Crippen molar-refractivity contribution in [2.75, 3.05) is 10.6 Å². The molecule has 3 aromatic rings. The minimum atomic E-state index is -0.165. The molecule has 0 amide bonds. The molecule has 1 saturated carbocycles. The van der Waals surface area contributed by atoms with Crippen LogP contribution in [0.5, 0.6) is 0 Å². The Morgan fingerprint density at radius 3 is 2.57 bits per heavy atom. The van der Waals surface area contributed by atoms with E-state index in [2.05, 4.69) is 46.8 Å². The number of hydrogen-bond donors (Lipinski definition) is 3. The van der Waals surface area contributed by atoms with Crippen molar-refractivity contribution in [3.05, 3.63) is 47.8 Å². The summed E-state index contributed by atoms with van der Waals surface area (Å²) in [6.07, 6.45) is 3.41. The fourth-order valence-electron chi connectivity index (χ4n) is 3.68. The van der Waals surface area contributed by atoms with Gasteiger partial charge >= 0.3 is 0 Å². The first-order valence-corrected chi connectivity index (χ1v) is 10.1. The van der Waals surface area contributed by atoms with Gasteiger partial charge in [-0.2, -0.15) is 4.52 Å². The Hall–Kier alpha value is -2.67. The summed E-state index contributed by atoms with van der Waals surface area (Å²) in [6, 6.07) is 12.6. The van der Waals surface area contributed by atoms with Crippen molar-refractivity contribution in [3.8, 4) is 0 Å². The summed E-state index contributed by atoms with van der Waals surface area (Å²) < 4.78 is 1.85. The number of aliphatic hydroxyl groups excluding tert-OH is 1. The molecule has 7 heteroatoms. The molecular weight excluding hydrogens is 352 g/mol. The first-order chi connectivity index (χ1) is 13.6. The fraction of sp³-hybridized carbons (Fsp3) is 0.476. The monoisotopic (exact) mass is 380 g/mol. The number of benzene rings is 1. The maximum absolute atomic E-state index is 9.75. The highest BCUT2D eigenvalue weighted by Gasteiger charge is 2.21. The van der Waals surface area contributed by atoms with Gasteiger partial charge < -0.3 is 15.7 Å². The van der Waals surface area contributed by atoms with Gasteiger partial charge in [-0.3, -0.25) is 0 Å². The molecule has 0 atom stereocenters. The first kappa shape index (κ1) is 18.7. The molecule has 0 unspecified atom stereocenters. The molecule has 1 aliphatic rings. The standard InChI is InChI=1S/C21H28N6O/c1-14(2)20-24-25-21-18(22-13-15-6-4-3-5-7-15)12-19(26-27(20)21)23-16-8-10-17(28)11-9-16/h3-7,12,14,16-17,22,28H,8-11,13H2,1-2H3,(H,23,26)/t16-,17-. The molecule has 0 bridgehead atoms. The highest BCUT2D eigenvalue weighted by atomic mass is 16.3. The largest absolute Gasteiger partial charge is 0.393 e. The van der Waals surface area contributed by atoms with Crippen molar-refractivity contribution >= 4 is 17.2 Å². The van der Waals surface area contributed by atoms with Gasteiger partial charge in [-0.05, 0) is 31.2 Å². The SMILES string of the molecule is CC(C)c1nnc2c(NCc3ccccc3)cc(N[C@H]3CC[C@H](O)CC3)nn12. The Morgan fingerprint density at radius 2 is 1.86 bits per heavy atom. The smallest absolute Gasteiger partial charge is 0.201 e. The highest BCUT2D eigenvalue weighted by molar-refractivity contribution is 5.70. The van der Waals surface area contributed by atoms with Crippen LogP contribution in [-0.4, -0.2) is 37.1 Å². The molecule has 0 saturated heterocycles. The zero-order chi connectivity index (χ0) is 19.5. The Balaban J connectivity index is 1.62. The van der Waals surface area contributed by atoms with Gasteiger partial charge in [0.15, 0.2) is 5.82 Å². The third-order valence-electron chi connectivity index (χ3n) is 5.29. The van der Waals surface area contributed by atoms with Crippen molar-refractivity contribution < 1.29 is 5.11 Å². The lowest BCUT2D eigenvalue weighted by Gasteiger charge is -2.26. The number of aromatic nitrogens is 4. The Labute approximate surface area is 165 Å². The van der Waals surface area contributed by atoms with Crippen molar-refractivity contribution in [1.29, 1.82) is 0 Å². The topological polar surface area (TPSA) is 87.4 Å². The van der Waals surface area contributed by atoms with Crippen LogP contribution >= 0.6 is 0 Å². The predicted molar refractivity (Wildman–Crippen MR) is 111 cm³/mol. The van der Waals surface area contributed by atoms with Crippen LogP contribution in [0.15, 0.2) is 36.4 Å². The lowest BCUT2D eigenvalue weighted by atomic mass is 9.93. The van der Waals surface area contributed by atoms with Crippen LogP contribution in [-0.2, 0) is 6.54 Å². The predicted octanol–water partition coefficient (Wildman–Crippen LogP) is 3.58. The summed E-state index contributed by atoms with van der Waals surface area (Å²) in [5, 5.41) is 30.3. The molecule has 148 valence electrons. The van der Waals surface area contributed by atoms with Gasteiger partial charge in [0.25, 0.3) is 0 Å². The fourth-order valence-corrected chi connectivity index (χ4v) is 3.68. The van der Waals surface area contributed by atoms with Crippen LogP contribution in [0, 0.1) is 0 Å². The minimum Gasteiger partial charge on any atom is -0.393 e. The number of hydrogen-bond acceptors (Lipinski definition) is 6. The third-order valence-corrected chi connectivity index (χ3v) is 5.29. The zero-order valence-corrected chi connectivity index (χ0v) is 16.5. The van der Waals surface area contributed by atoms with Gasteiger partial charge in [-0.1, -0.05) is 44.2 Å². The second-order valence-corrected chi connectivity index (χ2v) is 7.88. The summed E-state index contributed by atoms with van der Waals surface area (Å²) in [5.41, 5.74) is 2.86. The van der Waals surface area contributed by atoms with Crippen molar-refractivity contribution in [1.82, 2.24) is 19.8 Å². The molecule has 0 radical (unpaired) electrons. The van der Waals surface area contributed by atoms with E-state index in [0.29, 0.717) is 12.6 Å². The second-order valence-electron chi connectivity index (χ2n) is 7.88. The van der Waals surface area contributed by atoms with Crippen molar-refractivity contribution in [2.45, 2.75) is 64.1 Å². The molecule has 1 aliphatic carbocycles. The van der Waals surface area contributed by atoms with E-state index < -0.39 is 0 Å². The van der Waals surface area contributed by atoms with Crippen LogP contribution < -0.4 is 10.6 Å². The van der Waals surface area contributed by atoms with E-state index in [9.17, 15) is 5.11 Å². The molecule has 2 heterocycles. The molecule has 0 aliphatic heterocycles. The van der Waals surface area contributed by atoms with E-state index in [-0.39, 0.29) is 12.0 Å². The van der Waals surface area contributed by atoms with E-state index in [1.54, 1.807) is 0 Å². The number of nitrogens with zero attached hydrogens (tertiary/aromatic N) is 4. The Bertz CT molecular complexity index is 915. The molecule has 28 heavy (non-hydrogen) atoms. The molecule has 4 rings (SSSR count). The lowest BCUT2D eigenvalue weighted by Crippen LogP contribution is -2.28. The summed E-state index contributed by atoms with van der Waals surface area (Å²) in [4.78, 5) is 0. The van der Waals surface area contributed by atoms with E-state index in [1.807, 2.05) is 28.8 Å². The number of anilines is 2. The van der Waals surface area contributed by atoms with Crippen LogP contribution in [0.3, 0.4) is 0 Å². The first-order valence-electron chi connectivity index (χ1n) is 10.1. The Morgan fingerprint density at radius 1 is 1.11 bits per heavy atom. The van der Waals surface area contributed by atoms with E-state index in [0.717, 1.165) is 48.7 Å². The molecular formula is C21H28N6O. The number of rotatable bonds is 6. The maximum atomic E-state index is 9.75. The third kappa shape index (κ3) is 4.09. The average molecular weight is 380 g/mol. The highest BCUT2D eigenvalue weighted by Crippen LogP contribution is 2.26. The second kappa shape index (κ2) is 8.14. The quantitative estimate of drug-likeness (QED) is 0.606. The van der Waals surface area contributed by atoms with Crippen molar-refractivity contribution in [3.63, 3.8) is 0 Å². The summed E-state index contributed by atoms with van der Waals surface area (Å²) in [6.45, 7) is 4.90. The molecule has 3 N–H and O–H groups in total. The summed E-state index contributed by atoms with van der Waals surface area (Å²) in [5.74, 6) is 1.89. The minimum absolute atomic E-state index is 0.165. The normalized spacial score (nSPS) is 19.9. The van der Waals surface area contributed by atoms with E-state index in [1.165, 1.54) is 5.56 Å². The van der Waals surface area contributed by atoms with Gasteiger partial charge in [-0.25, -0.2) is 0 Å². The van der Waals surface area contributed by atoms with Crippen molar-refractivity contribution in [2.24, 2.45) is 0 Å². The van der Waals surface area contributed by atoms with Gasteiger partial charge in [0.1, 0.15) is 5.82 Å². The van der Waals surface area contributed by atoms with Gasteiger partial charge in [-0.15, -0.1) is 15.3 Å².